The molecule has 0 spiro atoms. The number of fused-ring (bicyclic) bond motifs is 1. The number of halogens is 8. The summed E-state index contributed by atoms with van der Waals surface area (Å²) in [5, 5.41) is 9.49. The molecule has 0 aliphatic carbocycles. The van der Waals surface area contributed by atoms with E-state index in [4.69, 9.17) is 0 Å². The Kier molecular flexibility index (Phi) is 4.70. The zero-order valence-corrected chi connectivity index (χ0v) is 17.1. The van der Waals surface area contributed by atoms with Gasteiger partial charge in [0.2, 0.25) is 0 Å². The molecule has 24 heavy (non-hydrogen) atoms. The fraction of sp³-hybridized carbons (Fsp3) is 0.909. The van der Waals surface area contributed by atoms with E-state index in [1.54, 1.807) is 4.93 Å². The molecule has 2 aliphatic rings. The molecular formula is C11H15F6I2N2O3-. The number of esters is 1. The molecule has 0 bridgehead atoms. The van der Waals surface area contributed by atoms with Gasteiger partial charge in [-0.15, -0.1) is 0 Å². The maximum atomic E-state index is 13.0. The fourth-order valence-electron chi connectivity index (χ4n) is 2.17. The van der Waals surface area contributed by atoms with Gasteiger partial charge < -0.3 is 0 Å². The van der Waals surface area contributed by atoms with Gasteiger partial charge in [-0.2, -0.15) is 0 Å². The van der Waals surface area contributed by atoms with Crippen LogP contribution in [-0.2, 0) is 9.53 Å². The maximum absolute atomic E-state index is 13.0. The molecule has 1 atom stereocenters. The fourth-order valence-corrected chi connectivity index (χ4v) is 12.5. The molecule has 0 saturated carbocycles. The Labute approximate surface area is 151 Å². The number of hydrogen-bond acceptors (Lipinski definition) is 5. The van der Waals surface area contributed by atoms with Crippen LogP contribution in [-0.4, -0.2) is 46.7 Å². The van der Waals surface area contributed by atoms with Crippen molar-refractivity contribution in [3.05, 3.63) is 0 Å². The molecule has 2 saturated heterocycles. The Balaban J connectivity index is 2.33. The molecule has 0 aromatic heterocycles. The first kappa shape index (κ1) is 20.7. The summed E-state index contributed by atoms with van der Waals surface area (Å²) in [7, 11) is 0. The zero-order chi connectivity index (χ0) is 19.0. The summed E-state index contributed by atoms with van der Waals surface area (Å²) < 4.78 is 86.9. The molecule has 0 aromatic carbocycles. The molecule has 2 rings (SSSR count). The van der Waals surface area contributed by atoms with Gasteiger partial charge in [0.05, 0.1) is 0 Å². The van der Waals surface area contributed by atoms with Crippen LogP contribution in [0.15, 0.2) is 0 Å². The van der Waals surface area contributed by atoms with Crippen LogP contribution in [0.2, 0.25) is 0 Å². The van der Waals surface area contributed by atoms with Crippen molar-refractivity contribution < 1.29 is 62.2 Å². The normalized spacial score (nSPS) is 24.2. The molecule has 0 amide bonds. The van der Waals surface area contributed by atoms with Crippen molar-refractivity contribution in [2.45, 2.75) is 51.4 Å². The van der Waals surface area contributed by atoms with Crippen LogP contribution >= 0.6 is 20.4 Å². The molecule has 144 valence electrons. The Morgan fingerprint density at radius 1 is 1.08 bits per heavy atom. The van der Waals surface area contributed by atoms with E-state index in [9.17, 15) is 36.2 Å². The summed E-state index contributed by atoms with van der Waals surface area (Å²) >= 11 is -2.60. The van der Waals surface area contributed by atoms with Gasteiger partial charge in [0.25, 0.3) is 0 Å². The molecule has 3 N–H and O–H groups in total. The number of rotatable bonds is 5. The third kappa shape index (κ3) is 2.63. The van der Waals surface area contributed by atoms with Crippen molar-refractivity contribution in [3.8, 4) is 0 Å². The van der Waals surface area contributed by atoms with E-state index in [1.807, 2.05) is 0 Å². The quantitative estimate of drug-likeness (QED) is 0.0715. The molecule has 5 nitrogen and oxygen atoms in total. The molecule has 2 heterocycles. The molecule has 0 aromatic rings. The van der Waals surface area contributed by atoms with Crippen molar-refractivity contribution in [1.29, 1.82) is 0 Å². The first-order valence-corrected chi connectivity index (χ1v) is 12.8. The van der Waals surface area contributed by atoms with E-state index >= 15 is 0 Å². The van der Waals surface area contributed by atoms with E-state index in [0.717, 1.165) is 0 Å². The molecular weight excluding hydrogens is 576 g/mol. The predicted octanol–water partition coefficient (Wildman–Crippen LogP) is -1.16. The van der Waals surface area contributed by atoms with Gasteiger partial charge >= 0.3 is 152 Å². The minimum atomic E-state index is -6.07. The van der Waals surface area contributed by atoms with Crippen LogP contribution < -0.4 is 28.3 Å². The van der Waals surface area contributed by atoms with E-state index in [0.29, 0.717) is 13.8 Å². The summed E-state index contributed by atoms with van der Waals surface area (Å²) in [6.45, 7) is 2.29. The Morgan fingerprint density at radius 3 is 1.71 bits per heavy atom. The minimum absolute atomic E-state index is 0.412. The summed E-state index contributed by atoms with van der Waals surface area (Å²) in [6.07, 6.45) is -12.1. The van der Waals surface area contributed by atoms with Crippen LogP contribution in [0.3, 0.4) is 0 Å². The second kappa shape index (κ2) is 5.45. The third-order valence-corrected chi connectivity index (χ3v) is 13.4. The summed E-state index contributed by atoms with van der Waals surface area (Å²) in [6, 6.07) is 0. The number of carbonyl (C=O) groups excluding carboxylic acids is 1. The molecule has 2 aliphatic heterocycles. The van der Waals surface area contributed by atoms with E-state index in [1.165, 1.54) is 6.92 Å². The topological polar surface area (TPSA) is 90.4 Å². The first-order valence-electron chi connectivity index (χ1n) is 6.35. The molecule has 13 heteroatoms. The first-order chi connectivity index (χ1) is 10.5. The van der Waals surface area contributed by atoms with E-state index < -0.39 is 78.2 Å². The Hall–Kier alpha value is 0.390. The second-order valence-corrected chi connectivity index (χ2v) is 13.5. The van der Waals surface area contributed by atoms with Gasteiger partial charge in [0, 0.05) is 0 Å². The molecule has 1 unspecified atom stereocenters. The van der Waals surface area contributed by atoms with E-state index in [-0.39, 0.29) is 0 Å². The number of ether oxygens (including phenoxy) is 1. The third-order valence-electron chi connectivity index (χ3n) is 4.11. The number of nitrogens with one attached hydrogen (secondary N) is 2. The SMILES string of the molecule is C[I-]C(C)(C(=O)OC(C)(C)C(O)(C(F)(F)F)C(F)(F)F)C12NI1N2. The van der Waals surface area contributed by atoms with Gasteiger partial charge in [0.1, 0.15) is 0 Å². The van der Waals surface area contributed by atoms with Crippen molar-refractivity contribution in [2.24, 2.45) is 0 Å². The average molecular weight is 591 g/mol. The second-order valence-electron chi connectivity index (χ2n) is 5.93. The van der Waals surface area contributed by atoms with Crippen LogP contribution in [0.4, 0.5) is 26.3 Å². The van der Waals surface area contributed by atoms with Gasteiger partial charge in [0.15, 0.2) is 0 Å². The Morgan fingerprint density at radius 2 is 1.46 bits per heavy atom. The predicted molar refractivity (Wildman–Crippen MR) is 74.6 cm³/mol. The van der Waals surface area contributed by atoms with Gasteiger partial charge in [-0.1, -0.05) is 0 Å². The monoisotopic (exact) mass is 591 g/mol. The number of alkyl halides is 9. The van der Waals surface area contributed by atoms with Crippen LogP contribution in [0.1, 0.15) is 20.8 Å². The average Bonchev–Trinajstić information content (AvgIpc) is 3.22. The molecule has 0 radical (unpaired) electrons. The Bertz CT molecular complexity index is 547. The van der Waals surface area contributed by atoms with Crippen molar-refractivity contribution in [2.75, 3.05) is 4.93 Å². The number of aliphatic hydroxyl groups is 1. The summed E-state index contributed by atoms with van der Waals surface area (Å²) in [5.74, 6) is -1.17. The summed E-state index contributed by atoms with van der Waals surface area (Å²) in [4.78, 5) is 14.1. The van der Waals surface area contributed by atoms with Gasteiger partial charge in [-0.05, 0) is 0 Å². The van der Waals surface area contributed by atoms with Crippen molar-refractivity contribution in [3.63, 3.8) is 0 Å². The van der Waals surface area contributed by atoms with Crippen LogP contribution in [0, 0.1) is 0 Å². The van der Waals surface area contributed by atoms with Crippen molar-refractivity contribution in [1.82, 2.24) is 7.06 Å². The van der Waals surface area contributed by atoms with Gasteiger partial charge in [-0.25, -0.2) is 0 Å². The van der Waals surface area contributed by atoms with Gasteiger partial charge in [-0.3, -0.25) is 0 Å². The molecule has 2 fully saturated rings. The van der Waals surface area contributed by atoms with Crippen LogP contribution in [0.25, 0.3) is 0 Å². The summed E-state index contributed by atoms with van der Waals surface area (Å²) in [5.41, 5.74) is -8.43. The number of carbonyl (C=O) groups is 1. The van der Waals surface area contributed by atoms with E-state index in [2.05, 4.69) is 11.8 Å². The van der Waals surface area contributed by atoms with Crippen LogP contribution in [0.5, 0.6) is 0 Å². The zero-order valence-electron chi connectivity index (χ0n) is 12.8. The standard InChI is InChI=1S/C11H15F6I2N2O3/c1-6(2,8(23,9(12,13)14)10(15,16)17)24-5(22)7(3,18-4)11-19(20-11)21-11/h20-21,23H,1-4H3/q-1. The number of hydrogen-bond donors (Lipinski definition) is 3. The van der Waals surface area contributed by atoms with Crippen molar-refractivity contribution >= 4 is 26.3 Å².